The van der Waals surface area contributed by atoms with E-state index in [0.29, 0.717) is 12.0 Å². The van der Waals surface area contributed by atoms with E-state index in [1.165, 1.54) is 19.4 Å². The van der Waals surface area contributed by atoms with Gasteiger partial charge in [0.2, 0.25) is 0 Å². The van der Waals surface area contributed by atoms with Crippen LogP contribution in [-0.2, 0) is 0 Å². The van der Waals surface area contributed by atoms with Crippen LogP contribution in [0.1, 0.15) is 47.0 Å². The summed E-state index contributed by atoms with van der Waals surface area (Å²) in [6.07, 6.45) is 3.70. The Morgan fingerprint density at radius 2 is 1.67 bits per heavy atom. The Labute approximate surface area is 96.2 Å². The third-order valence-electron chi connectivity index (χ3n) is 3.43. The second-order valence-electron chi connectivity index (χ2n) is 5.14. The number of hydrogen-bond donors (Lipinski definition) is 1. The molecule has 0 aromatic rings. The zero-order valence-corrected chi connectivity index (χ0v) is 11.3. The van der Waals surface area contributed by atoms with Crippen molar-refractivity contribution in [3.05, 3.63) is 0 Å². The predicted octanol–water partition coefficient (Wildman–Crippen LogP) is 2.73. The van der Waals surface area contributed by atoms with E-state index in [2.05, 4.69) is 39.6 Å². The van der Waals surface area contributed by atoms with E-state index in [1.807, 2.05) is 0 Å². The molecule has 0 saturated heterocycles. The fourth-order valence-corrected chi connectivity index (χ4v) is 1.78. The second kappa shape index (κ2) is 8.12. The van der Waals surface area contributed by atoms with E-state index in [9.17, 15) is 0 Å². The van der Waals surface area contributed by atoms with Gasteiger partial charge in [-0.05, 0) is 31.8 Å². The van der Waals surface area contributed by atoms with Crippen LogP contribution in [-0.4, -0.2) is 31.1 Å². The lowest BCUT2D eigenvalue weighted by molar-refractivity contribution is 0.251. The van der Waals surface area contributed by atoms with Crippen LogP contribution in [0.4, 0.5) is 0 Å². The molecule has 0 amide bonds. The van der Waals surface area contributed by atoms with Crippen molar-refractivity contribution < 1.29 is 0 Å². The Hall–Kier alpha value is -0.0800. The molecule has 92 valence electrons. The summed E-state index contributed by atoms with van der Waals surface area (Å²) in [4.78, 5) is 2.43. The first kappa shape index (κ1) is 14.9. The molecule has 2 nitrogen and oxygen atoms in total. The van der Waals surface area contributed by atoms with Gasteiger partial charge in [-0.15, -0.1) is 0 Å². The molecule has 0 aromatic heterocycles. The normalized spacial score (nSPS) is 14.2. The van der Waals surface area contributed by atoms with Gasteiger partial charge in [0.1, 0.15) is 0 Å². The SMILES string of the molecule is CCC(CC)CN(C)CCC(N)C(C)C. The first-order valence-corrected chi connectivity index (χ1v) is 6.45. The zero-order valence-electron chi connectivity index (χ0n) is 11.3. The van der Waals surface area contributed by atoms with Gasteiger partial charge in [0.05, 0.1) is 0 Å². The molecular weight excluding hydrogens is 184 g/mol. The van der Waals surface area contributed by atoms with Crippen LogP contribution in [0.2, 0.25) is 0 Å². The Morgan fingerprint density at radius 1 is 1.13 bits per heavy atom. The fraction of sp³-hybridized carbons (Fsp3) is 1.00. The van der Waals surface area contributed by atoms with Gasteiger partial charge in [-0.1, -0.05) is 40.5 Å². The summed E-state index contributed by atoms with van der Waals surface area (Å²) < 4.78 is 0. The minimum absolute atomic E-state index is 0.356. The Balaban J connectivity index is 3.69. The van der Waals surface area contributed by atoms with E-state index in [0.717, 1.165) is 18.9 Å². The maximum Gasteiger partial charge on any atom is 0.00740 e. The molecular formula is C13H30N2. The molecule has 0 heterocycles. The molecule has 0 fully saturated rings. The van der Waals surface area contributed by atoms with Gasteiger partial charge < -0.3 is 10.6 Å². The molecule has 0 saturated carbocycles. The third-order valence-corrected chi connectivity index (χ3v) is 3.43. The molecule has 1 unspecified atom stereocenters. The summed E-state index contributed by atoms with van der Waals surface area (Å²) in [5, 5.41) is 0. The number of rotatable bonds is 8. The number of nitrogens with zero attached hydrogens (tertiary/aromatic N) is 1. The summed E-state index contributed by atoms with van der Waals surface area (Å²) in [5.74, 6) is 1.46. The standard InChI is InChI=1S/C13H30N2/c1-6-12(7-2)10-15(5)9-8-13(14)11(3)4/h11-13H,6-10,14H2,1-5H3. The third kappa shape index (κ3) is 6.91. The van der Waals surface area contributed by atoms with Gasteiger partial charge in [-0.2, -0.15) is 0 Å². The predicted molar refractivity (Wildman–Crippen MR) is 69.0 cm³/mol. The van der Waals surface area contributed by atoms with Crippen LogP contribution in [0.15, 0.2) is 0 Å². The molecule has 0 aromatic carbocycles. The van der Waals surface area contributed by atoms with Gasteiger partial charge in [-0.3, -0.25) is 0 Å². The van der Waals surface area contributed by atoms with Crippen LogP contribution in [0.3, 0.4) is 0 Å². The average Bonchev–Trinajstić information content (AvgIpc) is 2.22. The van der Waals surface area contributed by atoms with E-state index >= 15 is 0 Å². The topological polar surface area (TPSA) is 29.3 Å². The summed E-state index contributed by atoms with van der Waals surface area (Å²) in [6, 6.07) is 0.356. The van der Waals surface area contributed by atoms with Crippen molar-refractivity contribution in [3.63, 3.8) is 0 Å². The van der Waals surface area contributed by atoms with E-state index in [4.69, 9.17) is 5.73 Å². The molecule has 0 aliphatic rings. The lowest BCUT2D eigenvalue weighted by Gasteiger charge is -2.24. The smallest absolute Gasteiger partial charge is 0.00740 e. The second-order valence-corrected chi connectivity index (χ2v) is 5.14. The highest BCUT2D eigenvalue weighted by molar-refractivity contribution is 4.68. The molecule has 0 aliphatic carbocycles. The number of hydrogen-bond acceptors (Lipinski definition) is 2. The highest BCUT2D eigenvalue weighted by atomic mass is 15.1. The Bertz CT molecular complexity index is 141. The lowest BCUT2D eigenvalue weighted by atomic mass is 10.0. The van der Waals surface area contributed by atoms with Crippen LogP contribution in [0.25, 0.3) is 0 Å². The largest absolute Gasteiger partial charge is 0.327 e. The molecule has 15 heavy (non-hydrogen) atoms. The summed E-state index contributed by atoms with van der Waals surface area (Å²) in [7, 11) is 2.21. The highest BCUT2D eigenvalue weighted by Gasteiger charge is 2.11. The molecule has 0 radical (unpaired) electrons. The molecule has 2 heteroatoms. The molecule has 1 atom stereocenters. The summed E-state index contributed by atoms with van der Waals surface area (Å²) >= 11 is 0. The van der Waals surface area contributed by atoms with Crippen LogP contribution >= 0.6 is 0 Å². The fourth-order valence-electron chi connectivity index (χ4n) is 1.78. The van der Waals surface area contributed by atoms with Crippen LogP contribution in [0, 0.1) is 11.8 Å². The van der Waals surface area contributed by atoms with Crippen molar-refractivity contribution >= 4 is 0 Å². The maximum atomic E-state index is 6.03. The van der Waals surface area contributed by atoms with Gasteiger partial charge in [-0.25, -0.2) is 0 Å². The monoisotopic (exact) mass is 214 g/mol. The van der Waals surface area contributed by atoms with Gasteiger partial charge in [0, 0.05) is 12.6 Å². The maximum absolute atomic E-state index is 6.03. The molecule has 0 aliphatic heterocycles. The lowest BCUT2D eigenvalue weighted by Crippen LogP contribution is -2.33. The number of nitrogens with two attached hydrogens (primary N) is 1. The van der Waals surface area contributed by atoms with Crippen molar-refractivity contribution in [2.75, 3.05) is 20.1 Å². The highest BCUT2D eigenvalue weighted by Crippen LogP contribution is 2.10. The van der Waals surface area contributed by atoms with Crippen molar-refractivity contribution in [1.82, 2.24) is 4.90 Å². The van der Waals surface area contributed by atoms with Crippen molar-refractivity contribution in [1.29, 1.82) is 0 Å². The van der Waals surface area contributed by atoms with Gasteiger partial charge >= 0.3 is 0 Å². The van der Waals surface area contributed by atoms with Crippen molar-refractivity contribution in [2.45, 2.75) is 53.0 Å². The van der Waals surface area contributed by atoms with Crippen LogP contribution in [0.5, 0.6) is 0 Å². The van der Waals surface area contributed by atoms with Crippen molar-refractivity contribution in [3.8, 4) is 0 Å². The van der Waals surface area contributed by atoms with E-state index in [1.54, 1.807) is 0 Å². The molecule has 0 rings (SSSR count). The quantitative estimate of drug-likeness (QED) is 0.673. The summed E-state index contributed by atoms with van der Waals surface area (Å²) in [6.45, 7) is 11.3. The van der Waals surface area contributed by atoms with Crippen LogP contribution < -0.4 is 5.73 Å². The van der Waals surface area contributed by atoms with Gasteiger partial charge in [0.15, 0.2) is 0 Å². The summed E-state index contributed by atoms with van der Waals surface area (Å²) in [5.41, 5.74) is 6.03. The minimum Gasteiger partial charge on any atom is -0.327 e. The molecule has 0 spiro atoms. The van der Waals surface area contributed by atoms with E-state index in [-0.39, 0.29) is 0 Å². The van der Waals surface area contributed by atoms with E-state index < -0.39 is 0 Å². The average molecular weight is 214 g/mol. The first-order chi connectivity index (χ1) is 7.01. The first-order valence-electron chi connectivity index (χ1n) is 6.45. The molecule has 0 bridgehead atoms. The van der Waals surface area contributed by atoms with Crippen molar-refractivity contribution in [2.24, 2.45) is 17.6 Å². The Kier molecular flexibility index (Phi) is 8.07. The minimum atomic E-state index is 0.356. The molecule has 2 N–H and O–H groups in total. The Morgan fingerprint density at radius 3 is 2.07 bits per heavy atom. The zero-order chi connectivity index (χ0) is 11.8. The van der Waals surface area contributed by atoms with Gasteiger partial charge in [0.25, 0.3) is 0 Å².